The standard InChI is InChI=1S/C12H7BrFN3/c13-9-3-6-11-15-16-12(17(11)7-9)8-1-4-10(14)5-2-8/h1-7H. The van der Waals surface area contributed by atoms with Crippen molar-refractivity contribution in [1.29, 1.82) is 0 Å². The molecule has 0 aliphatic carbocycles. The summed E-state index contributed by atoms with van der Waals surface area (Å²) in [5, 5.41) is 8.16. The van der Waals surface area contributed by atoms with Crippen LogP contribution in [-0.4, -0.2) is 14.6 Å². The lowest BCUT2D eigenvalue weighted by molar-refractivity contribution is 0.628. The molecule has 0 bridgehead atoms. The highest BCUT2D eigenvalue weighted by atomic mass is 79.9. The van der Waals surface area contributed by atoms with E-state index in [1.807, 2.05) is 22.7 Å². The topological polar surface area (TPSA) is 30.2 Å². The number of fused-ring (bicyclic) bond motifs is 1. The Balaban J connectivity index is 2.23. The van der Waals surface area contributed by atoms with E-state index in [2.05, 4.69) is 26.1 Å². The normalized spacial score (nSPS) is 10.9. The number of halogens is 2. The van der Waals surface area contributed by atoms with Crippen LogP contribution >= 0.6 is 15.9 Å². The van der Waals surface area contributed by atoms with Crippen LogP contribution in [0, 0.1) is 5.82 Å². The van der Waals surface area contributed by atoms with Crippen LogP contribution in [0.25, 0.3) is 17.0 Å². The molecule has 0 N–H and O–H groups in total. The molecule has 2 aromatic heterocycles. The van der Waals surface area contributed by atoms with Crippen molar-refractivity contribution in [2.24, 2.45) is 0 Å². The first-order valence-electron chi connectivity index (χ1n) is 5.00. The lowest BCUT2D eigenvalue weighted by atomic mass is 10.2. The number of benzene rings is 1. The minimum Gasteiger partial charge on any atom is -0.281 e. The van der Waals surface area contributed by atoms with E-state index in [-0.39, 0.29) is 5.82 Å². The molecule has 0 aliphatic rings. The fraction of sp³-hybridized carbons (Fsp3) is 0. The predicted molar refractivity (Wildman–Crippen MR) is 66.1 cm³/mol. The first-order chi connectivity index (χ1) is 8.24. The van der Waals surface area contributed by atoms with Crippen molar-refractivity contribution in [2.75, 3.05) is 0 Å². The Morgan fingerprint density at radius 1 is 1.00 bits per heavy atom. The molecule has 0 spiro atoms. The highest BCUT2D eigenvalue weighted by Gasteiger charge is 2.07. The van der Waals surface area contributed by atoms with Gasteiger partial charge in [-0.15, -0.1) is 10.2 Å². The van der Waals surface area contributed by atoms with E-state index in [1.54, 1.807) is 12.1 Å². The van der Waals surface area contributed by atoms with Crippen molar-refractivity contribution in [3.63, 3.8) is 0 Å². The zero-order valence-corrected chi connectivity index (χ0v) is 10.2. The summed E-state index contributed by atoms with van der Waals surface area (Å²) < 4.78 is 15.7. The van der Waals surface area contributed by atoms with Crippen LogP contribution in [0.4, 0.5) is 4.39 Å². The summed E-state index contributed by atoms with van der Waals surface area (Å²) in [5.74, 6) is 0.435. The fourth-order valence-corrected chi connectivity index (χ4v) is 2.00. The summed E-state index contributed by atoms with van der Waals surface area (Å²) in [5.41, 5.74) is 1.59. The van der Waals surface area contributed by atoms with Gasteiger partial charge in [-0.05, 0) is 52.3 Å². The van der Waals surface area contributed by atoms with Gasteiger partial charge in [0.25, 0.3) is 0 Å². The van der Waals surface area contributed by atoms with Gasteiger partial charge >= 0.3 is 0 Å². The van der Waals surface area contributed by atoms with Gasteiger partial charge < -0.3 is 0 Å². The Hall–Kier alpha value is -1.75. The second-order valence-electron chi connectivity index (χ2n) is 3.61. The maximum Gasteiger partial charge on any atom is 0.168 e. The Bertz CT molecular complexity index is 676. The predicted octanol–water partition coefficient (Wildman–Crippen LogP) is 3.30. The van der Waals surface area contributed by atoms with Gasteiger partial charge in [0.05, 0.1) is 0 Å². The molecule has 3 nitrogen and oxygen atoms in total. The maximum absolute atomic E-state index is 12.9. The zero-order valence-electron chi connectivity index (χ0n) is 8.64. The number of aromatic nitrogens is 3. The Labute approximate surface area is 105 Å². The molecule has 0 saturated heterocycles. The third-order valence-electron chi connectivity index (χ3n) is 2.47. The molecule has 84 valence electrons. The number of rotatable bonds is 1. The molecule has 3 rings (SSSR count). The molecule has 5 heteroatoms. The number of hydrogen-bond acceptors (Lipinski definition) is 2. The van der Waals surface area contributed by atoms with E-state index in [1.165, 1.54) is 12.1 Å². The lowest BCUT2D eigenvalue weighted by Gasteiger charge is -2.00. The number of pyridine rings is 1. The summed E-state index contributed by atoms with van der Waals surface area (Å²) >= 11 is 3.40. The molecule has 3 aromatic rings. The summed E-state index contributed by atoms with van der Waals surface area (Å²) in [7, 11) is 0. The van der Waals surface area contributed by atoms with Gasteiger partial charge in [-0.2, -0.15) is 0 Å². The van der Waals surface area contributed by atoms with Crippen molar-refractivity contribution in [3.05, 3.63) is 52.9 Å². The van der Waals surface area contributed by atoms with Crippen LogP contribution in [0.3, 0.4) is 0 Å². The molecule has 0 atom stereocenters. The number of hydrogen-bond donors (Lipinski definition) is 0. The van der Waals surface area contributed by atoms with Crippen molar-refractivity contribution in [3.8, 4) is 11.4 Å². The van der Waals surface area contributed by atoms with Gasteiger partial charge in [0.1, 0.15) is 5.82 Å². The zero-order chi connectivity index (χ0) is 11.8. The molecule has 0 aliphatic heterocycles. The highest BCUT2D eigenvalue weighted by Crippen LogP contribution is 2.20. The van der Waals surface area contributed by atoms with Crippen LogP contribution in [0.1, 0.15) is 0 Å². The summed E-state index contributed by atoms with van der Waals surface area (Å²) in [6, 6.07) is 9.96. The van der Waals surface area contributed by atoms with Crippen LogP contribution in [0.5, 0.6) is 0 Å². The van der Waals surface area contributed by atoms with Gasteiger partial charge in [-0.25, -0.2) is 4.39 Å². The third kappa shape index (κ3) is 1.82. The van der Waals surface area contributed by atoms with E-state index in [4.69, 9.17) is 0 Å². The fourth-order valence-electron chi connectivity index (χ4n) is 1.66. The molecule has 0 radical (unpaired) electrons. The van der Waals surface area contributed by atoms with Crippen LogP contribution < -0.4 is 0 Å². The SMILES string of the molecule is Fc1ccc(-c2nnc3ccc(Br)cn23)cc1. The minimum atomic E-state index is -0.260. The Kier molecular flexibility index (Phi) is 2.40. The van der Waals surface area contributed by atoms with Gasteiger partial charge in [-0.3, -0.25) is 4.40 Å². The van der Waals surface area contributed by atoms with E-state index in [0.717, 1.165) is 15.7 Å². The lowest BCUT2D eigenvalue weighted by Crippen LogP contribution is -1.89. The molecule has 1 aromatic carbocycles. The highest BCUT2D eigenvalue weighted by molar-refractivity contribution is 9.10. The van der Waals surface area contributed by atoms with Gasteiger partial charge in [0, 0.05) is 16.2 Å². The van der Waals surface area contributed by atoms with E-state index in [0.29, 0.717) is 5.82 Å². The minimum absolute atomic E-state index is 0.260. The van der Waals surface area contributed by atoms with Crippen LogP contribution in [0.15, 0.2) is 47.1 Å². The molecule has 2 heterocycles. The number of nitrogens with zero attached hydrogens (tertiary/aromatic N) is 3. The largest absolute Gasteiger partial charge is 0.281 e. The first kappa shape index (κ1) is 10.4. The van der Waals surface area contributed by atoms with Crippen LogP contribution in [0.2, 0.25) is 0 Å². The van der Waals surface area contributed by atoms with Gasteiger partial charge in [0.2, 0.25) is 0 Å². The summed E-state index contributed by atoms with van der Waals surface area (Å²) in [6.45, 7) is 0. The Morgan fingerprint density at radius 2 is 1.76 bits per heavy atom. The molecule has 0 unspecified atom stereocenters. The van der Waals surface area contributed by atoms with Crippen molar-refractivity contribution >= 4 is 21.6 Å². The molecular weight excluding hydrogens is 285 g/mol. The van der Waals surface area contributed by atoms with E-state index in [9.17, 15) is 4.39 Å². The third-order valence-corrected chi connectivity index (χ3v) is 2.94. The second kappa shape index (κ2) is 3.92. The molecule has 0 fully saturated rings. The smallest absolute Gasteiger partial charge is 0.168 e. The summed E-state index contributed by atoms with van der Waals surface area (Å²) in [6.07, 6.45) is 1.88. The van der Waals surface area contributed by atoms with E-state index < -0.39 is 0 Å². The van der Waals surface area contributed by atoms with E-state index >= 15 is 0 Å². The maximum atomic E-state index is 12.9. The van der Waals surface area contributed by atoms with Gasteiger partial charge in [0.15, 0.2) is 11.5 Å². The molecular formula is C12H7BrFN3. The van der Waals surface area contributed by atoms with Crippen molar-refractivity contribution in [1.82, 2.24) is 14.6 Å². The Morgan fingerprint density at radius 3 is 2.53 bits per heavy atom. The average molecular weight is 292 g/mol. The summed E-state index contributed by atoms with van der Waals surface area (Å²) in [4.78, 5) is 0. The first-order valence-corrected chi connectivity index (χ1v) is 5.79. The molecule has 0 saturated carbocycles. The quantitative estimate of drug-likeness (QED) is 0.689. The molecule has 0 amide bonds. The van der Waals surface area contributed by atoms with Crippen molar-refractivity contribution in [2.45, 2.75) is 0 Å². The molecule has 17 heavy (non-hydrogen) atoms. The average Bonchev–Trinajstić information content (AvgIpc) is 2.73. The van der Waals surface area contributed by atoms with Gasteiger partial charge in [-0.1, -0.05) is 0 Å². The van der Waals surface area contributed by atoms with Crippen molar-refractivity contribution < 1.29 is 4.39 Å². The van der Waals surface area contributed by atoms with Crippen LogP contribution in [-0.2, 0) is 0 Å². The monoisotopic (exact) mass is 291 g/mol. The second-order valence-corrected chi connectivity index (χ2v) is 4.52.